The Kier molecular flexibility index (Phi) is 24.8. The Hall–Kier alpha value is -0.479. The Labute approximate surface area is 332 Å². The van der Waals surface area contributed by atoms with E-state index in [0.717, 1.165) is 72.5 Å². The van der Waals surface area contributed by atoms with E-state index in [4.69, 9.17) is 30.0 Å². The lowest BCUT2D eigenvalue weighted by Gasteiger charge is -2.51. The molecular weight excluding hydrogens is 769 g/mol. The van der Waals surface area contributed by atoms with Gasteiger partial charge in [0, 0.05) is 23.2 Å². The van der Waals surface area contributed by atoms with Gasteiger partial charge in [-0.3, -0.25) is 0 Å². The Balaban J connectivity index is 8.14. The van der Waals surface area contributed by atoms with Gasteiger partial charge in [-0.2, -0.15) is 0 Å². The molecule has 0 aliphatic carbocycles. The molecule has 0 N–H and O–H groups in total. The molecule has 0 aromatic carbocycles. The molecule has 0 aromatic heterocycles. The van der Waals surface area contributed by atoms with Crippen LogP contribution in [0.5, 0.6) is 0 Å². The van der Waals surface area contributed by atoms with Crippen LogP contribution >= 0.6 is 0 Å². The van der Waals surface area contributed by atoms with Crippen LogP contribution in [0.4, 0.5) is 0 Å². The van der Waals surface area contributed by atoms with Crippen LogP contribution < -0.4 is 0 Å². The maximum Gasteiger partial charge on any atom is 0.472 e. The summed E-state index contributed by atoms with van der Waals surface area (Å²) in [5.74, 6) is -0.791. The van der Waals surface area contributed by atoms with Crippen molar-refractivity contribution in [1.29, 1.82) is 0 Å². The second kappa shape index (κ2) is 25.0. The summed E-state index contributed by atoms with van der Waals surface area (Å²) >= 11 is 0. The molecule has 0 aromatic rings. The molecule has 0 atom stereocenters. The minimum absolute atomic E-state index is 0.219. The Bertz CT molecular complexity index is 945. The molecule has 0 radical (unpaired) electrons. The van der Waals surface area contributed by atoms with E-state index in [1.807, 2.05) is 0 Å². The maximum absolute atomic E-state index is 12.5. The number of hydrogen-bond acceptors (Lipinski definition) is 9. The summed E-state index contributed by atoms with van der Waals surface area (Å²) in [6, 6.07) is 12.3. The fourth-order valence-electron chi connectivity index (χ4n) is 7.01. The van der Waals surface area contributed by atoms with Gasteiger partial charge in [0.25, 0.3) is 0 Å². The highest BCUT2D eigenvalue weighted by molar-refractivity contribution is 6.94. The van der Waals surface area contributed by atoms with Gasteiger partial charge >= 0.3 is 29.5 Å². The van der Waals surface area contributed by atoms with Gasteiger partial charge in [-0.15, -0.1) is 0 Å². The van der Waals surface area contributed by atoms with Crippen LogP contribution in [0.3, 0.4) is 0 Å². The Morgan fingerprint density at radius 2 is 0.604 bits per heavy atom. The lowest BCUT2D eigenvalue weighted by molar-refractivity contribution is -0.139. The number of hydrogen-bond donors (Lipinski definition) is 0. The van der Waals surface area contributed by atoms with Crippen molar-refractivity contribution in [1.82, 2.24) is 0 Å². The van der Waals surface area contributed by atoms with Crippen molar-refractivity contribution in [3.05, 3.63) is 24.3 Å². The highest BCUT2D eigenvalue weighted by Gasteiger charge is 2.61. The van der Waals surface area contributed by atoms with Crippen molar-refractivity contribution in [2.24, 2.45) is 0 Å². The molecule has 0 saturated heterocycles. The third-order valence-electron chi connectivity index (χ3n) is 11.9. The summed E-state index contributed by atoms with van der Waals surface area (Å²) in [6.07, 6.45) is 1.07. The van der Waals surface area contributed by atoms with E-state index >= 15 is 0 Å². The second-order valence-electron chi connectivity index (χ2n) is 14.9. The molecule has 0 fully saturated rings. The van der Waals surface area contributed by atoms with Crippen molar-refractivity contribution in [2.75, 3.05) is 13.2 Å². The van der Waals surface area contributed by atoms with E-state index in [1.54, 1.807) is 13.8 Å². The lowest BCUT2D eigenvalue weighted by Crippen LogP contribution is -2.69. The van der Waals surface area contributed by atoms with Gasteiger partial charge in [-0.05, 0) is 99.2 Å². The summed E-state index contributed by atoms with van der Waals surface area (Å²) in [7, 11) is -16.7. The van der Waals surface area contributed by atoms with Crippen molar-refractivity contribution in [2.45, 2.75) is 194 Å². The largest absolute Gasteiger partial charge is 0.472 e. The molecular formula is C38H82O9Si6. The van der Waals surface area contributed by atoms with E-state index in [1.165, 1.54) is 0 Å². The average Bonchev–Trinajstić information content (AvgIpc) is 3.17. The van der Waals surface area contributed by atoms with Gasteiger partial charge < -0.3 is 30.0 Å². The zero-order chi connectivity index (χ0) is 41.0. The number of esters is 2. The topological polar surface area (TPSA) is 98.8 Å². The van der Waals surface area contributed by atoms with Crippen molar-refractivity contribution in [3.63, 3.8) is 0 Å². The number of carbonyl (C=O) groups excluding carboxylic acids is 2. The zero-order valence-corrected chi connectivity index (χ0v) is 42.8. The minimum Gasteiger partial charge on any atom is -0.462 e. The molecule has 0 unspecified atom stereocenters. The molecule has 0 saturated carbocycles. The van der Waals surface area contributed by atoms with Crippen LogP contribution in [-0.4, -0.2) is 76.0 Å². The van der Waals surface area contributed by atoms with Crippen molar-refractivity contribution >= 4 is 62.8 Å². The van der Waals surface area contributed by atoms with E-state index in [-0.39, 0.29) is 13.2 Å². The van der Waals surface area contributed by atoms with Gasteiger partial charge in [0.1, 0.15) is 0 Å². The fourth-order valence-corrected chi connectivity index (χ4v) is 39.2. The predicted molar refractivity (Wildman–Crippen MR) is 236 cm³/mol. The van der Waals surface area contributed by atoms with Crippen LogP contribution in [0.15, 0.2) is 24.3 Å². The third-order valence-corrected chi connectivity index (χ3v) is 43.7. The van der Waals surface area contributed by atoms with Crippen molar-refractivity contribution in [3.8, 4) is 0 Å². The van der Waals surface area contributed by atoms with Gasteiger partial charge in [0.15, 0.2) is 33.3 Å². The monoisotopic (exact) mass is 850 g/mol. The minimum atomic E-state index is -3.66. The average molecular weight is 852 g/mol. The molecule has 0 aliphatic heterocycles. The Morgan fingerprint density at radius 3 is 0.774 bits per heavy atom. The second-order valence-corrected chi connectivity index (χ2v) is 40.7. The molecule has 0 bridgehead atoms. The summed E-state index contributed by atoms with van der Waals surface area (Å²) in [5.41, 5.74) is 0.753. The summed E-state index contributed by atoms with van der Waals surface area (Å²) in [4.78, 5) is 25.0. The first-order valence-corrected chi connectivity index (χ1v) is 35.1. The standard InChI is InChI=1S/C38H82O9Si6/c1-17-48(18-2,19-3)43-52(44-49(20-4,21-5)22-6,33-29-31-41-37(39)35(13)14)47-53(45-50(23-7,24-8)25-9,46-51(26-10,27-11)28-12)34-30-32-42-38(40)36(15)16/h13,15,17-34H2,1-12,14,16H3. The first-order chi connectivity index (χ1) is 24.9. The molecule has 312 valence electrons. The van der Waals surface area contributed by atoms with E-state index in [0.29, 0.717) is 36.1 Å². The fraction of sp³-hybridized carbons (Fsp3) is 0.842. The van der Waals surface area contributed by atoms with Gasteiger partial charge in [-0.25, -0.2) is 9.59 Å². The van der Waals surface area contributed by atoms with Gasteiger partial charge in [-0.1, -0.05) is 96.2 Å². The predicted octanol–water partition coefficient (Wildman–Crippen LogP) is 12.0. The van der Waals surface area contributed by atoms with Crippen LogP contribution in [0.25, 0.3) is 0 Å². The van der Waals surface area contributed by atoms with Crippen LogP contribution in [0.2, 0.25) is 84.6 Å². The molecule has 0 heterocycles. The van der Waals surface area contributed by atoms with Gasteiger partial charge in [0.05, 0.1) is 13.2 Å². The van der Waals surface area contributed by atoms with Gasteiger partial charge in [0.2, 0.25) is 0 Å². The Morgan fingerprint density at radius 1 is 0.396 bits per heavy atom. The quantitative estimate of drug-likeness (QED) is 0.0283. The third kappa shape index (κ3) is 15.8. The van der Waals surface area contributed by atoms with Crippen molar-refractivity contribution < 1.29 is 39.6 Å². The van der Waals surface area contributed by atoms with Crippen LogP contribution in [0.1, 0.15) is 110 Å². The maximum atomic E-state index is 12.5. The van der Waals surface area contributed by atoms with Crippen LogP contribution in [0, 0.1) is 0 Å². The molecule has 0 aliphatic rings. The van der Waals surface area contributed by atoms with E-state index < -0.39 is 62.8 Å². The zero-order valence-electron chi connectivity index (χ0n) is 36.8. The summed E-state index contributed by atoms with van der Waals surface area (Å²) < 4.78 is 50.4. The SMILES string of the molecule is C=C(C)C(=O)OCCC[Si](O[Si](CC)(CC)CC)(O[Si](CC)(CC)CC)O[Si](CCCOC(=O)C(=C)C)(O[Si](CC)(CC)CC)O[Si](CC)(CC)CC. The van der Waals surface area contributed by atoms with E-state index in [9.17, 15) is 9.59 Å². The number of rotatable bonds is 32. The first-order valence-electron chi connectivity index (χ1n) is 21.1. The molecule has 0 spiro atoms. The molecule has 9 nitrogen and oxygen atoms in total. The normalized spacial score (nSPS) is 13.2. The molecule has 53 heavy (non-hydrogen) atoms. The van der Waals surface area contributed by atoms with E-state index in [2.05, 4.69) is 96.2 Å². The molecule has 0 rings (SSSR count). The molecule has 0 amide bonds. The first kappa shape index (κ1) is 52.5. The number of ether oxygens (including phenoxy) is 2. The van der Waals surface area contributed by atoms with Crippen LogP contribution in [-0.2, 0) is 39.6 Å². The summed E-state index contributed by atoms with van der Waals surface area (Å²) in [5, 5.41) is 0. The lowest BCUT2D eigenvalue weighted by atomic mass is 10.4. The highest BCUT2D eigenvalue weighted by atomic mass is 28.5. The summed E-state index contributed by atoms with van der Waals surface area (Å²) in [6.45, 7) is 38.3. The smallest absolute Gasteiger partial charge is 0.462 e. The highest BCUT2D eigenvalue weighted by Crippen LogP contribution is 2.42. The number of carbonyl (C=O) groups is 2. The molecule has 15 heteroatoms.